The van der Waals surface area contributed by atoms with Crippen molar-refractivity contribution in [3.63, 3.8) is 0 Å². The minimum atomic E-state index is -0.561. The predicted octanol–water partition coefficient (Wildman–Crippen LogP) is 3.35. The molecule has 1 aliphatic carbocycles. The first-order valence-corrected chi connectivity index (χ1v) is 10.6. The van der Waals surface area contributed by atoms with Crippen LogP contribution in [-0.4, -0.2) is 39.9 Å². The number of piperidine rings is 1. The first-order valence-electron chi connectivity index (χ1n) is 10.6. The van der Waals surface area contributed by atoms with Gasteiger partial charge < -0.3 is 14.7 Å². The molecular weight excluding hydrogens is 387 g/mol. The molecule has 4 rings (SSSR count). The van der Waals surface area contributed by atoms with E-state index in [-0.39, 0.29) is 23.5 Å². The average molecular weight is 414 g/mol. The van der Waals surface area contributed by atoms with Crippen molar-refractivity contribution >= 4 is 11.8 Å². The molecule has 1 N–H and O–H groups in total. The SMILES string of the molecule is Cc1nc(C2(NC(=O)C3CCN(C(=O)c4ccc(F)cc4)CC3)CCCCC2)no1. The number of hydrogen-bond acceptors (Lipinski definition) is 5. The molecule has 1 aromatic carbocycles. The van der Waals surface area contributed by atoms with Crippen molar-refractivity contribution in [1.82, 2.24) is 20.4 Å². The third kappa shape index (κ3) is 4.22. The number of benzene rings is 1. The van der Waals surface area contributed by atoms with Crippen LogP contribution in [0.3, 0.4) is 0 Å². The lowest BCUT2D eigenvalue weighted by Gasteiger charge is -2.38. The fourth-order valence-corrected chi connectivity index (χ4v) is 4.51. The van der Waals surface area contributed by atoms with E-state index in [9.17, 15) is 14.0 Å². The van der Waals surface area contributed by atoms with E-state index in [0.29, 0.717) is 43.2 Å². The Morgan fingerprint density at radius 1 is 1.13 bits per heavy atom. The highest BCUT2D eigenvalue weighted by molar-refractivity contribution is 5.94. The third-order valence-electron chi connectivity index (χ3n) is 6.27. The summed E-state index contributed by atoms with van der Waals surface area (Å²) in [6.45, 7) is 2.76. The van der Waals surface area contributed by atoms with Crippen LogP contribution in [0.1, 0.15) is 67.0 Å². The van der Waals surface area contributed by atoms with Crippen LogP contribution in [0.5, 0.6) is 0 Å². The molecule has 30 heavy (non-hydrogen) atoms. The van der Waals surface area contributed by atoms with Crippen LogP contribution < -0.4 is 5.32 Å². The van der Waals surface area contributed by atoms with Gasteiger partial charge in [-0.25, -0.2) is 4.39 Å². The fourth-order valence-electron chi connectivity index (χ4n) is 4.51. The highest BCUT2D eigenvalue weighted by Crippen LogP contribution is 2.36. The van der Waals surface area contributed by atoms with Crippen LogP contribution in [0.4, 0.5) is 4.39 Å². The second kappa shape index (κ2) is 8.53. The van der Waals surface area contributed by atoms with Gasteiger partial charge in [0.15, 0.2) is 5.82 Å². The summed E-state index contributed by atoms with van der Waals surface area (Å²) in [7, 11) is 0. The van der Waals surface area contributed by atoms with Crippen molar-refractivity contribution in [2.45, 2.75) is 57.4 Å². The number of nitrogens with one attached hydrogen (secondary N) is 1. The number of carbonyl (C=O) groups is 2. The summed E-state index contributed by atoms with van der Waals surface area (Å²) in [6.07, 6.45) is 5.97. The Morgan fingerprint density at radius 3 is 2.40 bits per heavy atom. The number of likely N-dealkylation sites (tertiary alicyclic amines) is 1. The average Bonchev–Trinajstić information content (AvgIpc) is 3.22. The van der Waals surface area contributed by atoms with Gasteiger partial charge in [-0.05, 0) is 49.9 Å². The van der Waals surface area contributed by atoms with Crippen LogP contribution in [0.15, 0.2) is 28.8 Å². The maximum absolute atomic E-state index is 13.1. The standard InChI is InChI=1S/C22H27FN4O3/c1-15-24-21(26-30-15)22(11-3-2-4-12-22)25-19(28)16-9-13-27(14-10-16)20(29)17-5-7-18(23)8-6-17/h5-8,16H,2-4,9-14H2,1H3,(H,25,28). The molecule has 0 bridgehead atoms. The summed E-state index contributed by atoms with van der Waals surface area (Å²) in [5, 5.41) is 7.35. The van der Waals surface area contributed by atoms with Gasteiger partial charge in [0.2, 0.25) is 11.8 Å². The molecule has 7 nitrogen and oxygen atoms in total. The maximum atomic E-state index is 13.1. The van der Waals surface area contributed by atoms with E-state index in [2.05, 4.69) is 15.5 Å². The Hall–Kier alpha value is -2.77. The van der Waals surface area contributed by atoms with Crippen LogP contribution in [0.2, 0.25) is 0 Å². The summed E-state index contributed by atoms with van der Waals surface area (Å²) in [6, 6.07) is 5.57. The highest BCUT2D eigenvalue weighted by Gasteiger charge is 2.41. The van der Waals surface area contributed by atoms with Gasteiger partial charge in [0, 0.05) is 31.5 Å². The number of hydrogen-bond donors (Lipinski definition) is 1. The summed E-state index contributed by atoms with van der Waals surface area (Å²) in [5.74, 6) is 0.409. The van der Waals surface area contributed by atoms with E-state index >= 15 is 0 Å². The zero-order valence-electron chi connectivity index (χ0n) is 17.2. The van der Waals surface area contributed by atoms with Crippen molar-refractivity contribution in [2.75, 3.05) is 13.1 Å². The lowest BCUT2D eigenvalue weighted by atomic mass is 9.80. The Bertz CT molecular complexity index is 897. The first kappa shape index (κ1) is 20.5. The van der Waals surface area contributed by atoms with Gasteiger partial charge in [0.1, 0.15) is 11.4 Å². The van der Waals surface area contributed by atoms with Gasteiger partial charge in [0.05, 0.1) is 0 Å². The number of aromatic nitrogens is 2. The summed E-state index contributed by atoms with van der Waals surface area (Å²) < 4.78 is 18.3. The van der Waals surface area contributed by atoms with Gasteiger partial charge in [-0.2, -0.15) is 4.98 Å². The molecule has 160 valence electrons. The molecule has 1 aliphatic heterocycles. The summed E-state index contributed by atoms with van der Waals surface area (Å²) >= 11 is 0. The number of carbonyl (C=O) groups excluding carboxylic acids is 2. The molecular formula is C22H27FN4O3. The number of halogens is 1. The van der Waals surface area contributed by atoms with E-state index in [4.69, 9.17) is 4.52 Å². The molecule has 2 aliphatic rings. The Labute approximate surface area is 175 Å². The zero-order chi connectivity index (χ0) is 21.1. The third-order valence-corrected chi connectivity index (χ3v) is 6.27. The number of amides is 2. The zero-order valence-corrected chi connectivity index (χ0v) is 17.2. The minimum Gasteiger partial charge on any atom is -0.343 e. The van der Waals surface area contributed by atoms with E-state index in [1.54, 1.807) is 11.8 Å². The Morgan fingerprint density at radius 2 is 1.80 bits per heavy atom. The molecule has 2 heterocycles. The monoisotopic (exact) mass is 414 g/mol. The normalized spacial score (nSPS) is 19.5. The van der Waals surface area contributed by atoms with E-state index in [1.807, 2.05) is 0 Å². The number of rotatable bonds is 4. The quantitative estimate of drug-likeness (QED) is 0.829. The van der Waals surface area contributed by atoms with Crippen LogP contribution >= 0.6 is 0 Å². The largest absolute Gasteiger partial charge is 0.343 e. The Kier molecular flexibility index (Phi) is 5.83. The second-order valence-corrected chi connectivity index (χ2v) is 8.34. The number of aryl methyl sites for hydroxylation is 1. The summed E-state index contributed by atoms with van der Waals surface area (Å²) in [4.78, 5) is 31.9. The van der Waals surface area contributed by atoms with Gasteiger partial charge in [-0.1, -0.05) is 24.4 Å². The molecule has 2 fully saturated rings. The molecule has 0 spiro atoms. The van der Waals surface area contributed by atoms with Crippen LogP contribution in [0, 0.1) is 18.7 Å². The molecule has 1 saturated heterocycles. The Balaban J connectivity index is 1.38. The highest BCUT2D eigenvalue weighted by atomic mass is 19.1. The van der Waals surface area contributed by atoms with Crippen LogP contribution in [0.25, 0.3) is 0 Å². The van der Waals surface area contributed by atoms with Crippen molar-refractivity contribution in [3.05, 3.63) is 47.4 Å². The fraction of sp³-hybridized carbons (Fsp3) is 0.545. The van der Waals surface area contributed by atoms with Gasteiger partial charge in [-0.15, -0.1) is 0 Å². The van der Waals surface area contributed by atoms with Crippen LogP contribution in [-0.2, 0) is 10.3 Å². The molecule has 0 atom stereocenters. The van der Waals surface area contributed by atoms with Crippen molar-refractivity contribution in [1.29, 1.82) is 0 Å². The second-order valence-electron chi connectivity index (χ2n) is 8.34. The van der Waals surface area contributed by atoms with E-state index < -0.39 is 5.54 Å². The van der Waals surface area contributed by atoms with Gasteiger partial charge >= 0.3 is 0 Å². The molecule has 1 aromatic heterocycles. The van der Waals surface area contributed by atoms with Crippen molar-refractivity contribution in [2.24, 2.45) is 5.92 Å². The molecule has 1 saturated carbocycles. The number of nitrogens with zero attached hydrogens (tertiary/aromatic N) is 3. The van der Waals surface area contributed by atoms with E-state index in [0.717, 1.165) is 32.1 Å². The lowest BCUT2D eigenvalue weighted by molar-refractivity contribution is -0.129. The molecule has 2 amide bonds. The predicted molar refractivity (Wildman–Crippen MR) is 107 cm³/mol. The molecule has 0 radical (unpaired) electrons. The molecule has 8 heteroatoms. The van der Waals surface area contributed by atoms with Gasteiger partial charge in [0.25, 0.3) is 5.91 Å². The topological polar surface area (TPSA) is 88.3 Å². The lowest BCUT2D eigenvalue weighted by Crippen LogP contribution is -2.51. The van der Waals surface area contributed by atoms with Gasteiger partial charge in [-0.3, -0.25) is 9.59 Å². The minimum absolute atomic E-state index is 0.00626. The maximum Gasteiger partial charge on any atom is 0.253 e. The smallest absolute Gasteiger partial charge is 0.253 e. The molecule has 0 unspecified atom stereocenters. The van der Waals surface area contributed by atoms with Crippen molar-refractivity contribution < 1.29 is 18.5 Å². The first-order chi connectivity index (χ1) is 14.5. The summed E-state index contributed by atoms with van der Waals surface area (Å²) in [5.41, 5.74) is -0.0957. The molecule has 2 aromatic rings. The van der Waals surface area contributed by atoms with Crippen molar-refractivity contribution in [3.8, 4) is 0 Å². The van der Waals surface area contributed by atoms with E-state index in [1.165, 1.54) is 24.3 Å².